The molecule has 8 aromatic rings. The Bertz CT molecular complexity index is 5450. The van der Waals surface area contributed by atoms with Gasteiger partial charge in [0.25, 0.3) is 0 Å². The van der Waals surface area contributed by atoms with Gasteiger partial charge < -0.3 is 69.0 Å². The zero-order valence-electron chi connectivity index (χ0n) is 71.5. The van der Waals surface area contributed by atoms with Crippen molar-refractivity contribution < 1.29 is 33.7 Å². The standard InChI is InChI=1S/C26H32N4O2.C24H26FN5O.C24H27N5O2.C24H29N5O/c1-5-17-16-28-25(30-24(17)29-19-10-12-23(31)26(2,3)15-19)27-14-13-18-9-11-21-20(18)7-6-8-22(21)32-4;1-2-15-14-28-24(30-23(15)29-20-9-6-18(7-10-20)22(26)31)27-12-11-17-4-3-16-5-8-19(25)13-21(16)17;1-2-15-14-27-24(29-23(15)28-18-9-7-16(8-10-18)22(25)31)26-12-11-20-19-6-4-3-5-17(19)13-21(20)30;1-4-16-14-27-23(25-12-11-20-19-8-6-5-7-17(19)15-26-20)29-22(16)28-18-9-10-21(30)24(2,3)13-18/h1,6-9,16,19,23,31H,10-15H2,2-4H3,(H2,27,28,29,30);1,4-5,8,13-14,18,20H,3,6-7,9-12H2,(H2,26,31)(H2,27,28,29,30);1,3-6,14,16,18,20H,7-13H2,(H2,25,31)(H2,26,27,28,29);1,5-8,14,18,21,30H,9-13,15H2,2-3H3,(H2,25,27,28,29)/t19-,23+;;;18-,21+/m1..1/s1. The van der Waals surface area contributed by atoms with Crippen LogP contribution in [-0.4, -0.2) is 143 Å². The van der Waals surface area contributed by atoms with E-state index in [0.29, 0.717) is 102 Å². The van der Waals surface area contributed by atoms with Crippen LogP contribution in [0.4, 0.5) is 51.5 Å². The molecular formula is C98H114FN19O6. The smallest absolute Gasteiger partial charge is 0.224 e. The molecule has 5 heterocycles. The Morgan fingerprint density at radius 2 is 0.944 bits per heavy atom. The molecule has 7 aliphatic carbocycles. The third-order valence-electron chi connectivity index (χ3n) is 25.2. The molecule has 8 aliphatic rings. The van der Waals surface area contributed by atoms with Gasteiger partial charge in [-0.15, -0.1) is 25.7 Å². The number of ketones is 1. The lowest BCUT2D eigenvalue weighted by Crippen LogP contribution is -2.41. The van der Waals surface area contributed by atoms with E-state index in [1.807, 2.05) is 42.5 Å². The van der Waals surface area contributed by atoms with E-state index in [2.05, 4.69) is 181 Å². The highest BCUT2D eigenvalue weighted by Gasteiger charge is 2.38. The number of hydrogen-bond acceptors (Lipinski definition) is 23. The first kappa shape index (κ1) is 89.0. The number of aliphatic hydroxyl groups is 2. The topological polar surface area (TPSA) is 365 Å². The SMILES string of the molecule is C#Cc1cnc(NCCC2=CCc3c(OC)cccc32)nc1N[C@@H]1CC[C@H](O)C(C)(C)C1.C#Cc1cnc(NCCC2=CCc3ccc(F)cc32)nc1NC1CCC(C(N)=O)CC1.C#Cc1cnc(NCCC2=NCc3ccccc32)nc1N[C@@H]1CC[C@H](O)C(C)(C)C1.C#Cc1cnc(NCCC2C(=O)Cc3ccccc32)nc1NC1CCC(C(N)=O)CC1. The Morgan fingerprint density at radius 3 is 1.43 bits per heavy atom. The molecule has 25 nitrogen and oxygen atoms in total. The second-order valence-electron chi connectivity index (χ2n) is 34.6. The van der Waals surface area contributed by atoms with Crippen molar-refractivity contribution in [1.29, 1.82) is 0 Å². The summed E-state index contributed by atoms with van der Waals surface area (Å²) in [6.45, 7) is 11.8. The van der Waals surface area contributed by atoms with E-state index in [1.165, 1.54) is 33.9 Å². The van der Waals surface area contributed by atoms with Gasteiger partial charge in [-0.05, 0) is 196 Å². The van der Waals surface area contributed by atoms with Gasteiger partial charge in [0.1, 0.15) is 40.6 Å². The van der Waals surface area contributed by atoms with Crippen molar-refractivity contribution in [3.8, 4) is 55.1 Å². The Labute approximate surface area is 727 Å². The molecule has 124 heavy (non-hydrogen) atoms. The summed E-state index contributed by atoms with van der Waals surface area (Å²) < 4.78 is 19.1. The Hall–Kier alpha value is -12.8. The summed E-state index contributed by atoms with van der Waals surface area (Å²) in [5, 5.41) is 47.4. The number of aliphatic imine (C=N–C) groups is 1. The van der Waals surface area contributed by atoms with Gasteiger partial charge in [0.05, 0.1) is 72.9 Å². The predicted octanol–water partition coefficient (Wildman–Crippen LogP) is 14.0. The summed E-state index contributed by atoms with van der Waals surface area (Å²) in [6, 6.07) is 28.4. The number of nitrogens with two attached hydrogens (primary N) is 2. The van der Waals surface area contributed by atoms with Crippen molar-refractivity contribution in [3.63, 3.8) is 0 Å². The number of nitrogens with one attached hydrogen (secondary N) is 8. The highest BCUT2D eigenvalue weighted by molar-refractivity contribution is 6.04. The largest absolute Gasteiger partial charge is 0.496 e. The number of nitrogens with zero attached hydrogens (tertiary/aromatic N) is 9. The summed E-state index contributed by atoms with van der Waals surface area (Å²) in [5.74, 6) is 15.7. The van der Waals surface area contributed by atoms with Gasteiger partial charge in [-0.2, -0.15) is 19.9 Å². The fourth-order valence-electron chi connectivity index (χ4n) is 18.0. The molecule has 16 rings (SSSR count). The Balaban J connectivity index is 0.000000142. The molecule has 4 aromatic carbocycles. The maximum atomic E-state index is 13.6. The number of Topliss-reactive ketones (excluding diaryl/α,β-unsaturated/α-hetero) is 1. The van der Waals surface area contributed by atoms with Gasteiger partial charge >= 0.3 is 0 Å². The number of fused-ring (bicyclic) bond motifs is 4. The number of terminal acetylenes is 4. The van der Waals surface area contributed by atoms with E-state index in [1.54, 1.807) is 38.0 Å². The molecule has 14 N–H and O–H groups in total. The van der Waals surface area contributed by atoms with E-state index in [9.17, 15) is 29.0 Å². The van der Waals surface area contributed by atoms with Gasteiger partial charge in [0.2, 0.25) is 35.6 Å². The second-order valence-corrected chi connectivity index (χ2v) is 34.6. The molecule has 4 fully saturated rings. The fraction of sp³-hybridized carbons (Fsp3) is 0.429. The Kier molecular flexibility index (Phi) is 29.7. The molecule has 2 amide bonds. The first-order valence-electron chi connectivity index (χ1n) is 43.3. The molecular weight excluding hydrogens is 1560 g/mol. The van der Waals surface area contributed by atoms with Gasteiger partial charge in [0.15, 0.2) is 0 Å². The van der Waals surface area contributed by atoms with Crippen LogP contribution in [0.1, 0.15) is 216 Å². The lowest BCUT2D eigenvalue weighted by atomic mass is 9.73. The van der Waals surface area contributed by atoms with Crippen molar-refractivity contribution >= 4 is 81.5 Å². The Morgan fingerprint density at radius 1 is 0.508 bits per heavy atom. The minimum absolute atomic E-state index is 0.0451. The molecule has 0 radical (unpaired) electrons. The molecule has 26 heteroatoms. The molecule has 0 spiro atoms. The van der Waals surface area contributed by atoms with Crippen LogP contribution in [0.3, 0.4) is 0 Å². The van der Waals surface area contributed by atoms with Crippen LogP contribution in [-0.2, 0) is 40.2 Å². The van der Waals surface area contributed by atoms with E-state index >= 15 is 0 Å². The number of aromatic nitrogens is 8. The number of carbonyl (C=O) groups is 3. The van der Waals surface area contributed by atoms with Crippen LogP contribution in [0.2, 0.25) is 0 Å². The lowest BCUT2D eigenvalue weighted by Gasteiger charge is -2.40. The van der Waals surface area contributed by atoms with Crippen LogP contribution >= 0.6 is 0 Å². The van der Waals surface area contributed by atoms with Gasteiger partial charge in [-0.1, -0.05) is 130 Å². The van der Waals surface area contributed by atoms with E-state index < -0.39 is 0 Å². The number of anilines is 8. The average molecular weight is 1670 g/mol. The number of rotatable bonds is 27. The van der Waals surface area contributed by atoms with Crippen LogP contribution in [0.5, 0.6) is 5.75 Å². The number of methoxy groups -OCH3 is 1. The summed E-state index contributed by atoms with van der Waals surface area (Å²) in [6.07, 6.45) is 50.0. The number of amides is 2. The quantitative estimate of drug-likeness (QED) is 0.0213. The van der Waals surface area contributed by atoms with Gasteiger partial charge in [-0.3, -0.25) is 19.4 Å². The van der Waals surface area contributed by atoms with E-state index in [-0.39, 0.29) is 88.4 Å². The second kappa shape index (κ2) is 41.4. The van der Waals surface area contributed by atoms with Gasteiger partial charge in [-0.25, -0.2) is 24.3 Å². The number of primary amides is 2. The highest BCUT2D eigenvalue weighted by atomic mass is 19.1. The molecule has 0 saturated heterocycles. The van der Waals surface area contributed by atoms with Crippen molar-refractivity contribution in [3.05, 3.63) is 194 Å². The van der Waals surface area contributed by atoms with Crippen LogP contribution in [0.15, 0.2) is 127 Å². The zero-order valence-corrected chi connectivity index (χ0v) is 71.5. The fourth-order valence-corrected chi connectivity index (χ4v) is 18.0. The zero-order chi connectivity index (χ0) is 87.4. The molecule has 1 aliphatic heterocycles. The first-order valence-corrected chi connectivity index (χ1v) is 43.3. The number of halogens is 1. The summed E-state index contributed by atoms with van der Waals surface area (Å²) in [7, 11) is 1.72. The first-order chi connectivity index (χ1) is 59.9. The lowest BCUT2D eigenvalue weighted by molar-refractivity contribution is -0.123. The van der Waals surface area contributed by atoms with Crippen molar-refractivity contribution in [2.45, 2.75) is 211 Å². The average Bonchev–Trinajstić information content (AvgIpc) is 1.48. The van der Waals surface area contributed by atoms with E-state index in [4.69, 9.17) is 41.9 Å². The molecule has 4 saturated carbocycles. The normalized spacial score (nSPS) is 21.4. The number of carbonyl (C=O) groups excluding carboxylic acids is 3. The molecule has 4 aromatic heterocycles. The summed E-state index contributed by atoms with van der Waals surface area (Å²) in [5.41, 5.74) is 26.1. The maximum absolute atomic E-state index is 13.6. The van der Waals surface area contributed by atoms with Crippen LogP contribution < -0.4 is 58.7 Å². The van der Waals surface area contributed by atoms with Crippen molar-refractivity contribution in [2.75, 3.05) is 75.8 Å². The van der Waals surface area contributed by atoms with Crippen molar-refractivity contribution in [1.82, 2.24) is 39.9 Å². The van der Waals surface area contributed by atoms with Crippen LogP contribution in [0, 0.1) is 77.9 Å². The third-order valence-corrected chi connectivity index (χ3v) is 25.2. The number of ether oxygens (including phenoxy) is 1. The number of benzene rings is 4. The third kappa shape index (κ3) is 22.7. The van der Waals surface area contributed by atoms with Gasteiger partial charge in [0, 0.05) is 97.8 Å². The highest BCUT2D eigenvalue weighted by Crippen LogP contribution is 2.41. The molecule has 1 unspecified atom stereocenters. The number of hydrogen-bond donors (Lipinski definition) is 12. The summed E-state index contributed by atoms with van der Waals surface area (Å²) >= 11 is 0. The number of allylic oxidation sites excluding steroid dienone is 2. The summed E-state index contributed by atoms with van der Waals surface area (Å²) in [4.78, 5) is 75.6. The monoisotopic (exact) mass is 1670 g/mol. The number of aliphatic hydroxyl groups excluding tert-OH is 2. The maximum Gasteiger partial charge on any atom is 0.224 e. The minimum atomic E-state index is -0.273. The molecule has 644 valence electrons. The molecule has 0 bridgehead atoms. The predicted molar refractivity (Wildman–Crippen MR) is 489 cm³/mol. The van der Waals surface area contributed by atoms with Crippen LogP contribution in [0.25, 0.3) is 11.1 Å². The van der Waals surface area contributed by atoms with Crippen molar-refractivity contribution in [2.24, 2.45) is 39.1 Å². The minimum Gasteiger partial charge on any atom is -0.496 e. The molecule has 5 atom stereocenters. The van der Waals surface area contributed by atoms with E-state index in [0.717, 1.165) is 174 Å².